The van der Waals surface area contributed by atoms with Crippen LogP contribution in [0.4, 0.5) is 5.69 Å². The molecule has 0 atom stereocenters. The smallest absolute Gasteiger partial charge is 0.419 e. The largest absolute Gasteiger partial charge is 0.495 e. The number of ether oxygens (including phenoxy) is 1. The average Bonchev–Trinajstić information content (AvgIpc) is 2.88. The van der Waals surface area contributed by atoms with Gasteiger partial charge in [-0.25, -0.2) is 13.2 Å². The number of aromatic nitrogens is 1. The van der Waals surface area contributed by atoms with Crippen molar-refractivity contribution in [2.75, 3.05) is 11.8 Å². The maximum atomic E-state index is 12.8. The minimum Gasteiger partial charge on any atom is -0.495 e. The number of nitrogens with one attached hydrogen (secondary N) is 1. The van der Waals surface area contributed by atoms with Crippen molar-refractivity contribution in [1.82, 2.24) is 4.57 Å². The second kappa shape index (κ2) is 6.69. The minimum absolute atomic E-state index is 0.0142. The van der Waals surface area contributed by atoms with Crippen LogP contribution in [0, 0.1) is 6.92 Å². The lowest BCUT2D eigenvalue weighted by Gasteiger charge is -2.13. The topological polar surface area (TPSA) is 90.5 Å². The molecule has 26 heavy (non-hydrogen) atoms. The summed E-state index contributed by atoms with van der Waals surface area (Å²) in [7, 11) is -2.58. The van der Waals surface area contributed by atoms with Crippen molar-refractivity contribution in [2.24, 2.45) is 0 Å². The molecule has 0 fully saturated rings. The van der Waals surface area contributed by atoms with E-state index in [0.29, 0.717) is 17.8 Å². The third-order valence-corrected chi connectivity index (χ3v) is 5.76. The van der Waals surface area contributed by atoms with Crippen LogP contribution in [0.25, 0.3) is 11.1 Å². The van der Waals surface area contributed by atoms with Crippen molar-refractivity contribution in [3.63, 3.8) is 0 Å². The summed E-state index contributed by atoms with van der Waals surface area (Å²) in [5.41, 5.74) is 1.74. The quantitative estimate of drug-likeness (QED) is 0.713. The summed E-state index contributed by atoms with van der Waals surface area (Å²) >= 11 is 6.19. The fourth-order valence-corrected chi connectivity index (χ4v) is 4.27. The molecule has 1 N–H and O–H groups in total. The predicted molar refractivity (Wildman–Crippen MR) is 99.7 cm³/mol. The Kier molecular flexibility index (Phi) is 4.72. The number of hydrogen-bond acceptors (Lipinski definition) is 5. The SMILES string of the molecule is CCn1c(=O)oc2cc(S(=O)(=O)Nc3cc(C)ccc3OC)c(Cl)cc21. The molecule has 0 aliphatic carbocycles. The van der Waals surface area contributed by atoms with E-state index in [1.54, 1.807) is 25.1 Å². The number of rotatable bonds is 5. The Morgan fingerprint density at radius 1 is 1.27 bits per heavy atom. The fraction of sp³-hybridized carbons (Fsp3) is 0.235. The van der Waals surface area contributed by atoms with E-state index in [-0.39, 0.29) is 21.2 Å². The van der Waals surface area contributed by atoms with Gasteiger partial charge in [-0.05, 0) is 37.6 Å². The van der Waals surface area contributed by atoms with E-state index in [0.717, 1.165) is 5.56 Å². The molecule has 3 rings (SSSR count). The van der Waals surface area contributed by atoms with Crippen molar-refractivity contribution in [3.8, 4) is 5.75 Å². The molecule has 1 heterocycles. The van der Waals surface area contributed by atoms with Crippen LogP contribution in [-0.2, 0) is 16.6 Å². The zero-order chi connectivity index (χ0) is 19.1. The molecule has 7 nitrogen and oxygen atoms in total. The summed E-state index contributed by atoms with van der Waals surface area (Å²) < 4.78 is 39.8. The van der Waals surface area contributed by atoms with Crippen molar-refractivity contribution < 1.29 is 17.6 Å². The Hall–Kier alpha value is -2.45. The number of aryl methyl sites for hydroxylation is 2. The lowest BCUT2D eigenvalue weighted by molar-refractivity contribution is 0.417. The normalized spacial score (nSPS) is 11.7. The zero-order valence-electron chi connectivity index (χ0n) is 14.4. The van der Waals surface area contributed by atoms with Gasteiger partial charge in [0.05, 0.1) is 23.3 Å². The van der Waals surface area contributed by atoms with Gasteiger partial charge in [-0.2, -0.15) is 0 Å². The van der Waals surface area contributed by atoms with Crippen LogP contribution in [-0.4, -0.2) is 20.1 Å². The van der Waals surface area contributed by atoms with Gasteiger partial charge in [0.2, 0.25) is 0 Å². The second-order valence-corrected chi connectivity index (χ2v) is 7.73. The van der Waals surface area contributed by atoms with Gasteiger partial charge in [0, 0.05) is 12.6 Å². The number of anilines is 1. The average molecular weight is 397 g/mol. The number of methoxy groups -OCH3 is 1. The number of benzene rings is 2. The number of nitrogens with zero attached hydrogens (tertiary/aromatic N) is 1. The molecule has 0 spiro atoms. The summed E-state index contributed by atoms with van der Waals surface area (Å²) in [5.74, 6) is -0.193. The van der Waals surface area contributed by atoms with Crippen LogP contribution in [0.3, 0.4) is 0 Å². The van der Waals surface area contributed by atoms with Crippen LogP contribution in [0.15, 0.2) is 44.4 Å². The number of oxazole rings is 1. The van der Waals surface area contributed by atoms with E-state index in [2.05, 4.69) is 4.72 Å². The van der Waals surface area contributed by atoms with Crippen molar-refractivity contribution in [2.45, 2.75) is 25.3 Å². The number of halogens is 1. The molecule has 0 bridgehead atoms. The molecule has 0 saturated heterocycles. The van der Waals surface area contributed by atoms with Crippen LogP contribution < -0.4 is 15.2 Å². The maximum Gasteiger partial charge on any atom is 0.419 e. The highest BCUT2D eigenvalue weighted by molar-refractivity contribution is 7.92. The second-order valence-electron chi connectivity index (χ2n) is 5.67. The van der Waals surface area contributed by atoms with Crippen molar-refractivity contribution >= 4 is 38.4 Å². The molecule has 0 aliphatic heterocycles. The highest BCUT2D eigenvalue weighted by Crippen LogP contribution is 2.32. The van der Waals surface area contributed by atoms with Gasteiger partial charge in [0.25, 0.3) is 10.0 Å². The van der Waals surface area contributed by atoms with E-state index in [1.165, 1.54) is 23.8 Å². The lowest BCUT2D eigenvalue weighted by atomic mass is 10.2. The first-order valence-electron chi connectivity index (χ1n) is 7.77. The number of fused-ring (bicyclic) bond motifs is 1. The Bertz CT molecular complexity index is 1150. The summed E-state index contributed by atoms with van der Waals surface area (Å²) in [6.07, 6.45) is 0. The van der Waals surface area contributed by atoms with Gasteiger partial charge < -0.3 is 9.15 Å². The van der Waals surface area contributed by atoms with Crippen LogP contribution in [0.5, 0.6) is 5.75 Å². The van der Waals surface area contributed by atoms with Crippen molar-refractivity contribution in [1.29, 1.82) is 0 Å². The molecular weight excluding hydrogens is 380 g/mol. The standard InChI is InChI=1S/C17H17ClN2O5S/c1-4-20-13-8-11(18)16(9-15(13)25-17(20)21)26(22,23)19-12-7-10(2)5-6-14(12)24-3/h5-9,19H,4H2,1-3H3. The molecule has 138 valence electrons. The van der Waals surface area contributed by atoms with Crippen molar-refractivity contribution in [3.05, 3.63) is 51.5 Å². The van der Waals surface area contributed by atoms with Gasteiger partial charge in [-0.3, -0.25) is 9.29 Å². The van der Waals surface area contributed by atoms with Crippen LogP contribution in [0.2, 0.25) is 5.02 Å². The molecule has 0 radical (unpaired) electrons. The first-order valence-corrected chi connectivity index (χ1v) is 9.63. The van der Waals surface area contributed by atoms with Gasteiger partial charge >= 0.3 is 5.76 Å². The summed E-state index contributed by atoms with van der Waals surface area (Å²) in [5, 5.41) is -0.0142. The fourth-order valence-electron chi connectivity index (χ4n) is 2.67. The van der Waals surface area contributed by atoms with Crippen LogP contribution in [0.1, 0.15) is 12.5 Å². The van der Waals surface area contributed by atoms with E-state index in [1.807, 2.05) is 6.92 Å². The molecular formula is C17H17ClN2O5S. The van der Waals surface area contributed by atoms with E-state index in [9.17, 15) is 13.2 Å². The van der Waals surface area contributed by atoms with E-state index < -0.39 is 15.8 Å². The molecule has 3 aromatic rings. The van der Waals surface area contributed by atoms with Gasteiger partial charge in [-0.1, -0.05) is 17.7 Å². The zero-order valence-corrected chi connectivity index (χ0v) is 15.9. The highest BCUT2D eigenvalue weighted by Gasteiger charge is 2.23. The van der Waals surface area contributed by atoms with Gasteiger partial charge in [-0.15, -0.1) is 0 Å². The maximum absolute atomic E-state index is 12.8. The molecule has 0 aliphatic rings. The molecule has 1 aromatic heterocycles. The molecule has 2 aromatic carbocycles. The Balaban J connectivity index is 2.12. The predicted octanol–water partition coefficient (Wildman–Crippen LogP) is 3.39. The highest BCUT2D eigenvalue weighted by atomic mass is 35.5. The Morgan fingerprint density at radius 3 is 2.65 bits per heavy atom. The summed E-state index contributed by atoms with van der Waals surface area (Å²) in [6.45, 7) is 3.99. The van der Waals surface area contributed by atoms with E-state index in [4.69, 9.17) is 20.8 Å². The molecule has 0 saturated carbocycles. The van der Waals surface area contributed by atoms with Gasteiger partial charge in [0.1, 0.15) is 10.6 Å². The molecule has 9 heteroatoms. The van der Waals surface area contributed by atoms with Gasteiger partial charge in [0.15, 0.2) is 5.58 Å². The lowest BCUT2D eigenvalue weighted by Crippen LogP contribution is -2.14. The first kappa shape index (κ1) is 18.3. The molecule has 0 amide bonds. The Labute approximate surface area is 155 Å². The van der Waals surface area contributed by atoms with E-state index >= 15 is 0 Å². The summed E-state index contributed by atoms with van der Waals surface area (Å²) in [6, 6.07) is 7.77. The minimum atomic E-state index is -4.03. The Morgan fingerprint density at radius 2 is 2.00 bits per heavy atom. The summed E-state index contributed by atoms with van der Waals surface area (Å²) in [4.78, 5) is 11.6. The molecule has 0 unspecified atom stereocenters. The first-order chi connectivity index (χ1) is 12.3. The number of hydrogen-bond donors (Lipinski definition) is 1. The third kappa shape index (κ3) is 3.17. The number of sulfonamides is 1. The van der Waals surface area contributed by atoms with Crippen LogP contribution >= 0.6 is 11.6 Å². The third-order valence-electron chi connectivity index (χ3n) is 3.93. The monoisotopic (exact) mass is 396 g/mol.